The lowest BCUT2D eigenvalue weighted by Gasteiger charge is -2.00. The minimum Gasteiger partial charge on any atom is -0.478 e. The lowest BCUT2D eigenvalue weighted by molar-refractivity contribution is 0.0696. The summed E-state index contributed by atoms with van der Waals surface area (Å²) in [6, 6.07) is 2.81. The molecule has 2 rings (SSSR count). The zero-order chi connectivity index (χ0) is 13.3. The molecule has 7 nitrogen and oxygen atoms in total. The maximum atomic E-state index is 11.3. The number of hydrogen-bond acceptors (Lipinski definition) is 5. The number of aromatic nitrogens is 3. The molecule has 0 aliphatic carbocycles. The molecule has 0 unspecified atom stereocenters. The first kappa shape index (κ1) is 12.2. The SMILES string of the molecule is CS(=O)(=O)c1cnn(-c2ccc(C(=O)O)cn2)c1. The molecule has 0 atom stereocenters. The van der Waals surface area contributed by atoms with Crippen LogP contribution in [0.5, 0.6) is 0 Å². The monoisotopic (exact) mass is 267 g/mol. The maximum Gasteiger partial charge on any atom is 0.337 e. The fourth-order valence-corrected chi connectivity index (χ4v) is 1.80. The quantitative estimate of drug-likeness (QED) is 0.861. The van der Waals surface area contributed by atoms with E-state index in [4.69, 9.17) is 5.11 Å². The van der Waals surface area contributed by atoms with E-state index in [9.17, 15) is 13.2 Å². The molecule has 0 aromatic carbocycles. The zero-order valence-electron chi connectivity index (χ0n) is 9.31. The van der Waals surface area contributed by atoms with Crippen LogP contribution >= 0.6 is 0 Å². The van der Waals surface area contributed by atoms with Crippen LogP contribution in [0, 0.1) is 0 Å². The van der Waals surface area contributed by atoms with E-state index in [0.717, 1.165) is 6.26 Å². The average molecular weight is 267 g/mol. The Kier molecular flexibility index (Phi) is 2.87. The minimum atomic E-state index is -3.32. The topological polar surface area (TPSA) is 102 Å². The molecule has 2 aromatic rings. The summed E-state index contributed by atoms with van der Waals surface area (Å²) >= 11 is 0. The predicted molar refractivity (Wildman–Crippen MR) is 61.4 cm³/mol. The van der Waals surface area contributed by atoms with Gasteiger partial charge in [0.1, 0.15) is 4.90 Å². The molecule has 0 saturated carbocycles. The number of pyridine rings is 1. The molecule has 0 bridgehead atoms. The summed E-state index contributed by atoms with van der Waals surface area (Å²) in [6.45, 7) is 0. The second-order valence-electron chi connectivity index (χ2n) is 3.60. The summed E-state index contributed by atoms with van der Waals surface area (Å²) in [5.41, 5.74) is 0.0502. The van der Waals surface area contributed by atoms with Crippen molar-refractivity contribution in [2.75, 3.05) is 6.26 Å². The van der Waals surface area contributed by atoms with Gasteiger partial charge in [0.05, 0.1) is 18.0 Å². The number of rotatable bonds is 3. The molecule has 0 amide bonds. The molecule has 2 aromatic heterocycles. The van der Waals surface area contributed by atoms with Gasteiger partial charge in [0.2, 0.25) is 0 Å². The van der Waals surface area contributed by atoms with Crippen LogP contribution in [-0.2, 0) is 9.84 Å². The van der Waals surface area contributed by atoms with Crippen LogP contribution < -0.4 is 0 Å². The van der Waals surface area contributed by atoms with Crippen molar-refractivity contribution in [2.45, 2.75) is 4.90 Å². The normalized spacial score (nSPS) is 11.4. The van der Waals surface area contributed by atoms with Crippen molar-refractivity contribution >= 4 is 15.8 Å². The lowest BCUT2D eigenvalue weighted by Crippen LogP contribution is -2.02. The first-order chi connectivity index (χ1) is 8.38. The van der Waals surface area contributed by atoms with Gasteiger partial charge in [-0.15, -0.1) is 0 Å². The number of carboxylic acid groups (broad SMARTS) is 1. The second-order valence-corrected chi connectivity index (χ2v) is 5.62. The minimum absolute atomic E-state index is 0.0502. The molecule has 8 heteroatoms. The molecule has 0 aliphatic heterocycles. The van der Waals surface area contributed by atoms with E-state index in [-0.39, 0.29) is 10.5 Å². The largest absolute Gasteiger partial charge is 0.478 e. The Bertz CT molecular complexity index is 688. The fourth-order valence-electron chi connectivity index (χ4n) is 1.27. The molecule has 0 aliphatic rings. The molecule has 2 heterocycles. The third-order valence-electron chi connectivity index (χ3n) is 2.22. The Labute approximate surface area is 103 Å². The maximum absolute atomic E-state index is 11.3. The van der Waals surface area contributed by atoms with Crippen LogP contribution in [0.4, 0.5) is 0 Å². The van der Waals surface area contributed by atoms with E-state index in [1.165, 1.54) is 35.4 Å². The molecule has 1 N–H and O–H groups in total. The number of sulfone groups is 1. The number of aromatic carboxylic acids is 1. The summed E-state index contributed by atoms with van der Waals surface area (Å²) in [5.74, 6) is -0.735. The second kappa shape index (κ2) is 4.22. The summed E-state index contributed by atoms with van der Waals surface area (Å²) in [7, 11) is -3.32. The highest BCUT2D eigenvalue weighted by atomic mass is 32.2. The van der Waals surface area contributed by atoms with Crippen LogP contribution in [0.1, 0.15) is 10.4 Å². The molecule has 0 spiro atoms. The fraction of sp³-hybridized carbons (Fsp3) is 0.100. The molecule has 0 saturated heterocycles. The standard InChI is InChI=1S/C10H9N3O4S/c1-18(16,17)8-5-12-13(6-8)9-3-2-7(4-11-9)10(14)15/h2-6H,1H3,(H,14,15). The molecule has 0 radical (unpaired) electrons. The van der Waals surface area contributed by atoms with Crippen molar-refractivity contribution < 1.29 is 18.3 Å². The van der Waals surface area contributed by atoms with Crippen LogP contribution in [0.2, 0.25) is 0 Å². The summed E-state index contributed by atoms with van der Waals surface area (Å²) in [5, 5.41) is 12.6. The first-order valence-corrected chi connectivity index (χ1v) is 6.71. The molecule has 94 valence electrons. The number of carbonyl (C=O) groups is 1. The van der Waals surface area contributed by atoms with Crippen molar-refractivity contribution in [1.82, 2.24) is 14.8 Å². The highest BCUT2D eigenvalue weighted by molar-refractivity contribution is 7.90. The predicted octanol–water partition coefficient (Wildman–Crippen LogP) is 0.369. The van der Waals surface area contributed by atoms with E-state index < -0.39 is 15.8 Å². The Morgan fingerprint density at radius 3 is 2.50 bits per heavy atom. The third kappa shape index (κ3) is 2.38. The van der Waals surface area contributed by atoms with E-state index in [1.54, 1.807) is 0 Å². The van der Waals surface area contributed by atoms with Crippen molar-refractivity contribution in [2.24, 2.45) is 0 Å². The molecular weight excluding hydrogens is 258 g/mol. The van der Waals surface area contributed by atoms with Gasteiger partial charge in [0.15, 0.2) is 15.7 Å². The molecule has 18 heavy (non-hydrogen) atoms. The number of hydrogen-bond donors (Lipinski definition) is 1. The molecular formula is C10H9N3O4S. The lowest BCUT2D eigenvalue weighted by atomic mass is 10.3. The average Bonchev–Trinajstić information content (AvgIpc) is 2.78. The van der Waals surface area contributed by atoms with Gasteiger partial charge in [-0.1, -0.05) is 0 Å². The third-order valence-corrected chi connectivity index (χ3v) is 3.28. The molecule has 0 fully saturated rings. The van der Waals surface area contributed by atoms with Gasteiger partial charge < -0.3 is 5.11 Å². The first-order valence-electron chi connectivity index (χ1n) is 4.82. The van der Waals surface area contributed by atoms with E-state index >= 15 is 0 Å². The van der Waals surface area contributed by atoms with Gasteiger partial charge in [-0.2, -0.15) is 5.10 Å². The Hall–Kier alpha value is -2.22. The summed E-state index contributed by atoms with van der Waals surface area (Å²) in [6.07, 6.45) is 4.79. The van der Waals surface area contributed by atoms with Gasteiger partial charge in [-0.25, -0.2) is 22.9 Å². The van der Waals surface area contributed by atoms with Crippen LogP contribution in [-0.4, -0.2) is 40.5 Å². The van der Waals surface area contributed by atoms with Gasteiger partial charge in [0.25, 0.3) is 0 Å². The highest BCUT2D eigenvalue weighted by Gasteiger charge is 2.11. The van der Waals surface area contributed by atoms with Gasteiger partial charge in [-0.3, -0.25) is 0 Å². The van der Waals surface area contributed by atoms with Crippen LogP contribution in [0.25, 0.3) is 5.82 Å². The Morgan fingerprint density at radius 2 is 2.06 bits per heavy atom. The Morgan fingerprint density at radius 1 is 1.33 bits per heavy atom. The van der Waals surface area contributed by atoms with Crippen molar-refractivity contribution in [3.63, 3.8) is 0 Å². The summed E-state index contributed by atoms with van der Waals surface area (Å²) in [4.78, 5) is 14.6. The van der Waals surface area contributed by atoms with Crippen molar-refractivity contribution in [3.8, 4) is 5.82 Å². The highest BCUT2D eigenvalue weighted by Crippen LogP contribution is 2.10. The van der Waals surface area contributed by atoms with Gasteiger partial charge >= 0.3 is 5.97 Å². The van der Waals surface area contributed by atoms with E-state index in [1.807, 2.05) is 0 Å². The van der Waals surface area contributed by atoms with E-state index in [0.29, 0.717) is 5.82 Å². The summed E-state index contributed by atoms with van der Waals surface area (Å²) < 4.78 is 23.8. The van der Waals surface area contributed by atoms with Crippen molar-refractivity contribution in [3.05, 3.63) is 36.3 Å². The number of nitrogens with zero attached hydrogens (tertiary/aromatic N) is 3. The van der Waals surface area contributed by atoms with Gasteiger partial charge in [-0.05, 0) is 12.1 Å². The van der Waals surface area contributed by atoms with Crippen molar-refractivity contribution in [1.29, 1.82) is 0 Å². The smallest absolute Gasteiger partial charge is 0.337 e. The van der Waals surface area contributed by atoms with Crippen LogP contribution in [0.15, 0.2) is 35.6 Å². The Balaban J connectivity index is 2.38. The van der Waals surface area contributed by atoms with Crippen LogP contribution in [0.3, 0.4) is 0 Å². The zero-order valence-corrected chi connectivity index (χ0v) is 10.1. The van der Waals surface area contributed by atoms with E-state index in [2.05, 4.69) is 10.1 Å². The number of carboxylic acids is 1. The van der Waals surface area contributed by atoms with Gasteiger partial charge in [0, 0.05) is 12.5 Å².